The molecule has 6 rings (SSSR count). The quantitative estimate of drug-likeness (QED) is 0.419. The molecule has 3 aliphatic rings. The molecular weight excluding hydrogens is 526 g/mol. The topological polar surface area (TPSA) is 83.6 Å². The van der Waals surface area contributed by atoms with Gasteiger partial charge in [-0.2, -0.15) is 10.2 Å². The number of rotatable bonds is 5. The minimum atomic E-state index is -2.63. The van der Waals surface area contributed by atoms with E-state index in [2.05, 4.69) is 31.2 Å². The summed E-state index contributed by atoms with van der Waals surface area (Å²) < 4.78 is 32.8. The number of aryl methyl sites for hydroxylation is 2. The number of aliphatic imine (C=N–C) groups is 1. The standard InChI is InChI=1S/C30H38F2N8O/c1-33-15-19-6-8-22(9-7-19)40-26-10-12-38(30(41)34-2)18-25(26)29(36-40)39-11-4-5-20-13-23(21-16-35-37(3)17-21)24(28(31)32)14-27(20)39/h13-17,19,22,28H,4-12,18H2,1-3H3,(H,34,41). The summed E-state index contributed by atoms with van der Waals surface area (Å²) in [4.78, 5) is 20.8. The van der Waals surface area contributed by atoms with Crippen LogP contribution in [0.15, 0.2) is 29.5 Å². The lowest BCUT2D eigenvalue weighted by Gasteiger charge is -2.33. The van der Waals surface area contributed by atoms with Gasteiger partial charge in [0.15, 0.2) is 5.82 Å². The van der Waals surface area contributed by atoms with E-state index in [0.29, 0.717) is 36.7 Å². The third-order valence-corrected chi connectivity index (χ3v) is 8.89. The maximum Gasteiger partial charge on any atom is 0.317 e. The molecule has 9 nitrogen and oxygen atoms in total. The van der Waals surface area contributed by atoms with Crippen molar-refractivity contribution < 1.29 is 13.6 Å². The van der Waals surface area contributed by atoms with E-state index < -0.39 is 6.43 Å². The second-order valence-electron chi connectivity index (χ2n) is 11.4. The smallest absolute Gasteiger partial charge is 0.317 e. The van der Waals surface area contributed by atoms with Crippen LogP contribution in [0.2, 0.25) is 0 Å². The lowest BCUT2D eigenvalue weighted by atomic mass is 9.86. The molecule has 1 aliphatic carbocycles. The molecule has 3 aromatic rings. The number of fused-ring (bicyclic) bond motifs is 2. The van der Waals surface area contributed by atoms with Crippen LogP contribution >= 0.6 is 0 Å². The Labute approximate surface area is 239 Å². The first-order valence-electron chi connectivity index (χ1n) is 14.6. The van der Waals surface area contributed by atoms with Crippen LogP contribution in [0.3, 0.4) is 0 Å². The summed E-state index contributed by atoms with van der Waals surface area (Å²) in [6.45, 7) is 1.75. The van der Waals surface area contributed by atoms with Crippen LogP contribution in [-0.2, 0) is 26.4 Å². The molecule has 0 radical (unpaired) electrons. The van der Waals surface area contributed by atoms with Crippen LogP contribution in [0.25, 0.3) is 11.1 Å². The number of urea groups is 1. The van der Waals surface area contributed by atoms with Gasteiger partial charge in [0.2, 0.25) is 0 Å². The summed E-state index contributed by atoms with van der Waals surface area (Å²) in [6.07, 6.45) is 9.43. The third kappa shape index (κ3) is 5.10. The molecule has 41 heavy (non-hydrogen) atoms. The second-order valence-corrected chi connectivity index (χ2v) is 11.4. The van der Waals surface area contributed by atoms with Crippen LogP contribution in [0.1, 0.15) is 67.0 Å². The predicted octanol–water partition coefficient (Wildman–Crippen LogP) is 5.43. The van der Waals surface area contributed by atoms with Crippen LogP contribution in [0.5, 0.6) is 0 Å². The Morgan fingerprint density at radius 1 is 1.17 bits per heavy atom. The highest BCUT2D eigenvalue weighted by atomic mass is 19.3. The predicted molar refractivity (Wildman–Crippen MR) is 155 cm³/mol. The Balaban J connectivity index is 1.43. The van der Waals surface area contributed by atoms with E-state index in [1.54, 1.807) is 37.2 Å². The molecule has 1 N–H and O–H groups in total. The molecular formula is C30H38F2N8O. The van der Waals surface area contributed by atoms with Crippen LogP contribution in [-0.4, -0.2) is 63.9 Å². The highest BCUT2D eigenvalue weighted by Gasteiger charge is 2.35. The van der Waals surface area contributed by atoms with Crippen molar-refractivity contribution in [3.63, 3.8) is 0 Å². The molecule has 1 aromatic carbocycles. The summed E-state index contributed by atoms with van der Waals surface area (Å²) in [7, 11) is 5.26. The summed E-state index contributed by atoms with van der Waals surface area (Å²) in [6, 6.07) is 3.73. The molecule has 4 heterocycles. The maximum atomic E-state index is 14.5. The number of benzene rings is 1. The van der Waals surface area contributed by atoms with Crippen molar-refractivity contribution in [2.45, 2.75) is 64.0 Å². The Morgan fingerprint density at radius 2 is 1.98 bits per heavy atom. The van der Waals surface area contributed by atoms with E-state index in [4.69, 9.17) is 5.10 Å². The largest absolute Gasteiger partial charge is 0.341 e. The molecule has 2 aliphatic heterocycles. The van der Waals surface area contributed by atoms with Gasteiger partial charge in [0.1, 0.15) is 0 Å². The monoisotopic (exact) mass is 564 g/mol. The van der Waals surface area contributed by atoms with Crippen molar-refractivity contribution in [1.29, 1.82) is 0 Å². The third-order valence-electron chi connectivity index (χ3n) is 8.89. The van der Waals surface area contributed by atoms with Gasteiger partial charge in [-0.3, -0.25) is 9.36 Å². The van der Waals surface area contributed by atoms with Gasteiger partial charge in [-0.15, -0.1) is 0 Å². The minimum absolute atomic E-state index is 0.000141. The number of halogens is 2. The number of hydrogen-bond acceptors (Lipinski definition) is 5. The number of alkyl halides is 2. The van der Waals surface area contributed by atoms with Crippen molar-refractivity contribution in [3.05, 3.63) is 46.9 Å². The average Bonchev–Trinajstić information content (AvgIpc) is 3.59. The zero-order chi connectivity index (χ0) is 28.7. The lowest BCUT2D eigenvalue weighted by Crippen LogP contribution is -2.42. The molecule has 2 amide bonds. The van der Waals surface area contributed by atoms with E-state index in [9.17, 15) is 13.6 Å². The Hall–Kier alpha value is -3.76. The molecule has 0 atom stereocenters. The van der Waals surface area contributed by atoms with E-state index in [1.807, 2.05) is 18.0 Å². The Kier molecular flexibility index (Phi) is 7.52. The van der Waals surface area contributed by atoms with E-state index in [1.165, 1.54) is 5.69 Å². The zero-order valence-corrected chi connectivity index (χ0v) is 24.0. The van der Waals surface area contributed by atoms with Gasteiger partial charge in [-0.05, 0) is 67.7 Å². The number of nitrogens with one attached hydrogen (secondary N) is 1. The van der Waals surface area contributed by atoms with Crippen molar-refractivity contribution in [3.8, 4) is 11.1 Å². The molecule has 1 fully saturated rings. The lowest BCUT2D eigenvalue weighted by molar-refractivity contribution is 0.152. The van der Waals surface area contributed by atoms with Gasteiger partial charge in [0.25, 0.3) is 6.43 Å². The second kappa shape index (κ2) is 11.3. The highest BCUT2D eigenvalue weighted by molar-refractivity contribution is 5.78. The minimum Gasteiger partial charge on any atom is -0.341 e. The van der Waals surface area contributed by atoms with Gasteiger partial charge in [0, 0.05) is 81.1 Å². The molecule has 0 bridgehead atoms. The number of amides is 2. The summed E-state index contributed by atoms with van der Waals surface area (Å²) in [5, 5.41) is 12.2. The van der Waals surface area contributed by atoms with Crippen molar-refractivity contribution >= 4 is 23.8 Å². The Morgan fingerprint density at radius 3 is 2.66 bits per heavy atom. The number of aromatic nitrogens is 4. The summed E-state index contributed by atoms with van der Waals surface area (Å²) in [5.41, 5.74) is 5.22. The van der Waals surface area contributed by atoms with Crippen molar-refractivity contribution in [2.24, 2.45) is 18.0 Å². The van der Waals surface area contributed by atoms with Gasteiger partial charge < -0.3 is 20.1 Å². The number of anilines is 2. The average molecular weight is 565 g/mol. The van der Waals surface area contributed by atoms with E-state index in [0.717, 1.165) is 67.6 Å². The van der Waals surface area contributed by atoms with Gasteiger partial charge in [0.05, 0.1) is 18.8 Å². The van der Waals surface area contributed by atoms with Crippen molar-refractivity contribution in [2.75, 3.05) is 32.1 Å². The first kappa shape index (κ1) is 27.4. The zero-order valence-electron chi connectivity index (χ0n) is 24.0. The fourth-order valence-corrected chi connectivity index (χ4v) is 6.84. The SMILES string of the molecule is CN=CC1CCC(n2nc(N3CCCc4cc(-c5cnn(C)c5)c(C(F)F)cc43)c3c2CCN(C(=O)NC)C3)CC1. The molecule has 11 heteroatoms. The first-order valence-corrected chi connectivity index (χ1v) is 14.6. The molecule has 0 saturated heterocycles. The summed E-state index contributed by atoms with van der Waals surface area (Å²) >= 11 is 0. The number of carbonyl (C=O) groups excluding carboxylic acids is 1. The highest BCUT2D eigenvalue weighted by Crippen LogP contribution is 2.44. The maximum absolute atomic E-state index is 14.5. The van der Waals surface area contributed by atoms with E-state index >= 15 is 0 Å². The van der Waals surface area contributed by atoms with Gasteiger partial charge in [-0.1, -0.05) is 0 Å². The van der Waals surface area contributed by atoms with Crippen LogP contribution in [0.4, 0.5) is 25.1 Å². The molecule has 2 aromatic heterocycles. The molecule has 1 saturated carbocycles. The van der Waals surface area contributed by atoms with E-state index in [-0.39, 0.29) is 17.6 Å². The Bertz CT molecular complexity index is 1450. The van der Waals surface area contributed by atoms with Crippen LogP contribution in [0, 0.1) is 5.92 Å². The number of carbonyl (C=O) groups is 1. The molecule has 0 unspecified atom stereocenters. The fraction of sp³-hybridized carbons (Fsp3) is 0.533. The molecule has 218 valence electrons. The normalized spacial score (nSPS) is 20.9. The summed E-state index contributed by atoms with van der Waals surface area (Å²) in [5.74, 6) is 1.29. The fourth-order valence-electron chi connectivity index (χ4n) is 6.84. The number of hydrogen-bond donors (Lipinski definition) is 1. The van der Waals surface area contributed by atoms with Gasteiger partial charge in [-0.25, -0.2) is 13.6 Å². The van der Waals surface area contributed by atoms with Crippen LogP contribution < -0.4 is 10.2 Å². The van der Waals surface area contributed by atoms with Crippen molar-refractivity contribution in [1.82, 2.24) is 29.8 Å². The first-order chi connectivity index (χ1) is 19.9. The number of nitrogens with zero attached hydrogens (tertiary/aromatic N) is 7. The van der Waals surface area contributed by atoms with Gasteiger partial charge >= 0.3 is 6.03 Å². The molecule has 0 spiro atoms.